The molecule has 1 aromatic heterocycles. The fraction of sp³-hybridized carbons (Fsp3) is 0.200. The molecule has 7 heteroatoms. The summed E-state index contributed by atoms with van der Waals surface area (Å²) in [6.07, 6.45) is -3.50. The normalized spacial score (nSPS) is 11.3. The minimum absolute atomic E-state index is 0.201. The average molecular weight is 311 g/mol. The molecule has 1 heterocycles. The molecule has 0 bridgehead atoms. The number of hydrogen-bond donors (Lipinski definition) is 1. The van der Waals surface area contributed by atoms with Gasteiger partial charge in [-0.1, -0.05) is 12.1 Å². The number of nitrogens with zero attached hydrogens (tertiary/aromatic N) is 1. The molecule has 1 N–H and O–H groups in total. The first kappa shape index (κ1) is 15.8. The first-order valence-corrected chi connectivity index (χ1v) is 6.23. The van der Waals surface area contributed by atoms with E-state index in [1.807, 2.05) is 0 Å². The third-order valence-corrected chi connectivity index (χ3v) is 3.02. The number of ether oxygens (including phenoxy) is 1. The smallest absolute Gasteiger partial charge is 0.416 e. The summed E-state index contributed by atoms with van der Waals surface area (Å²) in [5.41, 5.74) is 0.108. The Morgan fingerprint density at radius 1 is 1.32 bits per heavy atom. The van der Waals surface area contributed by atoms with Gasteiger partial charge in [0.1, 0.15) is 0 Å². The van der Waals surface area contributed by atoms with Crippen molar-refractivity contribution in [2.24, 2.45) is 0 Å². The van der Waals surface area contributed by atoms with Gasteiger partial charge in [-0.25, -0.2) is 4.98 Å². The van der Waals surface area contributed by atoms with Gasteiger partial charge in [0.2, 0.25) is 5.88 Å². The van der Waals surface area contributed by atoms with Gasteiger partial charge in [-0.05, 0) is 23.3 Å². The lowest BCUT2D eigenvalue weighted by Crippen LogP contribution is -2.06. The van der Waals surface area contributed by atoms with E-state index < -0.39 is 17.7 Å². The number of aliphatic carboxylic acids is 1. The number of rotatable bonds is 4. The van der Waals surface area contributed by atoms with Crippen LogP contribution in [-0.4, -0.2) is 23.2 Å². The van der Waals surface area contributed by atoms with E-state index in [0.717, 1.165) is 12.1 Å². The molecular weight excluding hydrogens is 299 g/mol. The molecule has 0 aliphatic rings. The van der Waals surface area contributed by atoms with Crippen LogP contribution in [0, 0.1) is 0 Å². The van der Waals surface area contributed by atoms with Gasteiger partial charge in [-0.15, -0.1) is 0 Å². The average Bonchev–Trinajstić information content (AvgIpc) is 2.45. The zero-order valence-electron chi connectivity index (χ0n) is 11.5. The zero-order valence-corrected chi connectivity index (χ0v) is 11.5. The quantitative estimate of drug-likeness (QED) is 0.940. The fourth-order valence-electron chi connectivity index (χ4n) is 2.02. The number of pyridine rings is 1. The Morgan fingerprint density at radius 3 is 2.64 bits per heavy atom. The van der Waals surface area contributed by atoms with Gasteiger partial charge in [0.15, 0.2) is 0 Å². The van der Waals surface area contributed by atoms with E-state index in [4.69, 9.17) is 9.84 Å². The minimum Gasteiger partial charge on any atom is -0.481 e. The molecule has 116 valence electrons. The second-order valence-electron chi connectivity index (χ2n) is 4.53. The summed E-state index contributed by atoms with van der Waals surface area (Å²) in [4.78, 5) is 14.9. The Labute approximate surface area is 124 Å². The van der Waals surface area contributed by atoms with Crippen LogP contribution >= 0.6 is 0 Å². The number of halogens is 3. The van der Waals surface area contributed by atoms with Crippen LogP contribution in [0.2, 0.25) is 0 Å². The third-order valence-electron chi connectivity index (χ3n) is 3.02. The van der Waals surface area contributed by atoms with E-state index in [1.54, 1.807) is 0 Å². The van der Waals surface area contributed by atoms with E-state index >= 15 is 0 Å². The molecule has 0 atom stereocenters. The molecule has 4 nitrogen and oxygen atoms in total. The molecule has 2 rings (SSSR count). The van der Waals surface area contributed by atoms with Crippen molar-refractivity contribution >= 4 is 5.97 Å². The molecule has 0 radical (unpaired) electrons. The van der Waals surface area contributed by atoms with Crippen LogP contribution in [0.15, 0.2) is 36.5 Å². The summed E-state index contributed by atoms with van der Waals surface area (Å²) in [6, 6.07) is 6.08. The number of alkyl halides is 3. The monoisotopic (exact) mass is 311 g/mol. The molecule has 0 spiro atoms. The highest BCUT2D eigenvalue weighted by atomic mass is 19.4. The van der Waals surface area contributed by atoms with Crippen molar-refractivity contribution in [3.05, 3.63) is 47.7 Å². The van der Waals surface area contributed by atoms with Crippen LogP contribution in [0.1, 0.15) is 11.1 Å². The molecular formula is C15H12F3NO3. The van der Waals surface area contributed by atoms with E-state index in [2.05, 4.69) is 4.98 Å². The van der Waals surface area contributed by atoms with Crippen LogP contribution in [0.4, 0.5) is 13.2 Å². The van der Waals surface area contributed by atoms with Crippen LogP contribution in [0.3, 0.4) is 0 Å². The third kappa shape index (κ3) is 3.55. The Hall–Kier alpha value is -2.57. The summed E-state index contributed by atoms with van der Waals surface area (Å²) < 4.78 is 43.3. The molecule has 0 unspecified atom stereocenters. The molecule has 0 fully saturated rings. The van der Waals surface area contributed by atoms with Crippen LogP contribution in [-0.2, 0) is 17.4 Å². The standard InChI is InChI=1S/C15H12F3NO3/c1-22-13-6-10(7-14(20)21)12(8-19-13)9-3-2-4-11(5-9)15(16,17)18/h2-6,8H,7H2,1H3,(H,20,21). The Morgan fingerprint density at radius 2 is 2.05 bits per heavy atom. The van der Waals surface area contributed by atoms with Crippen molar-refractivity contribution < 1.29 is 27.8 Å². The Bertz CT molecular complexity index is 699. The first-order chi connectivity index (χ1) is 10.3. The zero-order chi connectivity index (χ0) is 16.3. The van der Waals surface area contributed by atoms with Crippen molar-refractivity contribution in [2.75, 3.05) is 7.11 Å². The number of carboxylic acid groups (broad SMARTS) is 1. The Kier molecular flexibility index (Phi) is 4.35. The summed E-state index contributed by atoms with van der Waals surface area (Å²) in [6.45, 7) is 0. The SMILES string of the molecule is COc1cc(CC(=O)O)c(-c2cccc(C(F)(F)F)c2)cn1. The predicted molar refractivity (Wildman–Crippen MR) is 72.6 cm³/mol. The highest BCUT2D eigenvalue weighted by molar-refractivity contribution is 5.76. The Balaban J connectivity index is 2.54. The largest absolute Gasteiger partial charge is 0.481 e. The minimum atomic E-state index is -4.47. The molecule has 22 heavy (non-hydrogen) atoms. The molecule has 0 aliphatic carbocycles. The second kappa shape index (κ2) is 6.05. The molecule has 0 amide bonds. The maximum atomic E-state index is 12.8. The number of hydrogen-bond acceptors (Lipinski definition) is 3. The fourth-order valence-corrected chi connectivity index (χ4v) is 2.02. The molecule has 0 aliphatic heterocycles. The highest BCUT2D eigenvalue weighted by Gasteiger charge is 2.30. The van der Waals surface area contributed by atoms with Gasteiger partial charge in [0, 0.05) is 17.8 Å². The lowest BCUT2D eigenvalue weighted by molar-refractivity contribution is -0.138. The van der Waals surface area contributed by atoms with Gasteiger partial charge in [-0.3, -0.25) is 4.79 Å². The number of carbonyl (C=O) groups is 1. The molecule has 0 saturated heterocycles. The van der Waals surface area contributed by atoms with E-state index in [0.29, 0.717) is 11.1 Å². The molecule has 2 aromatic rings. The number of methoxy groups -OCH3 is 1. The van der Waals surface area contributed by atoms with E-state index in [1.165, 1.54) is 31.5 Å². The van der Waals surface area contributed by atoms with Crippen molar-refractivity contribution in [1.82, 2.24) is 4.98 Å². The number of aromatic nitrogens is 1. The van der Waals surface area contributed by atoms with Crippen molar-refractivity contribution in [1.29, 1.82) is 0 Å². The molecule has 1 aromatic carbocycles. The van der Waals surface area contributed by atoms with Gasteiger partial charge in [0.05, 0.1) is 19.1 Å². The summed E-state index contributed by atoms with van der Waals surface area (Å²) in [5.74, 6) is -0.895. The van der Waals surface area contributed by atoms with Crippen molar-refractivity contribution in [3.8, 4) is 17.0 Å². The summed E-state index contributed by atoms with van der Waals surface area (Å²) in [5, 5.41) is 8.94. The number of benzene rings is 1. The van der Waals surface area contributed by atoms with Gasteiger partial charge >= 0.3 is 12.1 Å². The number of carboxylic acids is 1. The van der Waals surface area contributed by atoms with E-state index in [-0.39, 0.29) is 17.9 Å². The highest BCUT2D eigenvalue weighted by Crippen LogP contribution is 2.33. The maximum absolute atomic E-state index is 12.8. The van der Waals surface area contributed by atoms with Gasteiger partial charge < -0.3 is 9.84 Å². The van der Waals surface area contributed by atoms with Gasteiger partial charge in [-0.2, -0.15) is 13.2 Å². The topological polar surface area (TPSA) is 59.4 Å². The predicted octanol–water partition coefficient (Wildman–Crippen LogP) is 3.40. The van der Waals surface area contributed by atoms with E-state index in [9.17, 15) is 18.0 Å². The van der Waals surface area contributed by atoms with Crippen molar-refractivity contribution in [2.45, 2.75) is 12.6 Å². The lowest BCUT2D eigenvalue weighted by atomic mass is 9.98. The van der Waals surface area contributed by atoms with Crippen LogP contribution in [0.5, 0.6) is 5.88 Å². The lowest BCUT2D eigenvalue weighted by Gasteiger charge is -2.12. The maximum Gasteiger partial charge on any atom is 0.416 e. The van der Waals surface area contributed by atoms with Crippen LogP contribution in [0.25, 0.3) is 11.1 Å². The first-order valence-electron chi connectivity index (χ1n) is 6.23. The second-order valence-corrected chi connectivity index (χ2v) is 4.53. The van der Waals surface area contributed by atoms with Crippen molar-refractivity contribution in [3.63, 3.8) is 0 Å². The molecule has 0 saturated carbocycles. The van der Waals surface area contributed by atoms with Gasteiger partial charge in [0.25, 0.3) is 0 Å². The summed E-state index contributed by atoms with van der Waals surface area (Å²) in [7, 11) is 1.37. The van der Waals surface area contributed by atoms with Crippen LogP contribution < -0.4 is 4.74 Å². The summed E-state index contributed by atoms with van der Waals surface area (Å²) >= 11 is 0.